The average molecular weight is 214 g/mol. The molecule has 0 spiro atoms. The van der Waals surface area contributed by atoms with E-state index in [9.17, 15) is 4.79 Å². The molecule has 0 aliphatic rings. The van der Waals surface area contributed by atoms with Gasteiger partial charge in [0.15, 0.2) is 0 Å². The summed E-state index contributed by atoms with van der Waals surface area (Å²) in [6, 6.07) is 0. The van der Waals surface area contributed by atoms with Gasteiger partial charge in [-0.3, -0.25) is 4.79 Å². The number of hydrogen-bond acceptors (Lipinski definition) is 3. The number of aliphatic hydroxyl groups excluding tert-OH is 1. The monoisotopic (exact) mass is 214 g/mol. The van der Waals surface area contributed by atoms with Gasteiger partial charge in [-0.25, -0.2) is 0 Å². The standard InChI is InChI=1S/C10H16O2.C2H6O/c1-3-10(12-4-2)8-6-5-7-9-11;1-2-3/h5-10H,3-4H2,1-2H3;3H,2H2,1H3. The minimum absolute atomic E-state index is 0.173. The topological polar surface area (TPSA) is 46.5 Å². The third kappa shape index (κ3) is 15.8. The summed E-state index contributed by atoms with van der Waals surface area (Å²) < 4.78 is 5.36. The zero-order valence-electron chi connectivity index (χ0n) is 9.85. The Balaban J connectivity index is 0. The van der Waals surface area contributed by atoms with E-state index in [0.717, 1.165) is 19.3 Å². The van der Waals surface area contributed by atoms with E-state index in [-0.39, 0.29) is 12.7 Å². The first-order chi connectivity index (χ1) is 7.26. The van der Waals surface area contributed by atoms with Gasteiger partial charge in [-0.2, -0.15) is 0 Å². The van der Waals surface area contributed by atoms with E-state index in [1.54, 1.807) is 13.0 Å². The number of hydrogen-bond donors (Lipinski definition) is 1. The second kappa shape index (κ2) is 15.5. The molecule has 0 rings (SSSR count). The lowest BCUT2D eigenvalue weighted by atomic mass is 10.2. The molecule has 0 heterocycles. The van der Waals surface area contributed by atoms with Crippen LogP contribution in [0.2, 0.25) is 0 Å². The maximum absolute atomic E-state index is 9.89. The van der Waals surface area contributed by atoms with Crippen LogP contribution >= 0.6 is 0 Å². The van der Waals surface area contributed by atoms with Crippen molar-refractivity contribution < 1.29 is 14.6 Å². The summed E-state index contributed by atoms with van der Waals surface area (Å²) in [6.07, 6.45) is 8.82. The SMILES string of the molecule is CCO.CCOC(C=CC=CC=O)CC. The number of aliphatic hydroxyl groups is 1. The minimum Gasteiger partial charge on any atom is -0.397 e. The first-order valence-corrected chi connectivity index (χ1v) is 5.27. The molecule has 0 radical (unpaired) electrons. The fourth-order valence-electron chi connectivity index (χ4n) is 0.821. The van der Waals surface area contributed by atoms with E-state index < -0.39 is 0 Å². The quantitative estimate of drug-likeness (QED) is 0.418. The third-order valence-electron chi connectivity index (χ3n) is 1.41. The Bertz CT molecular complexity index is 174. The highest BCUT2D eigenvalue weighted by Crippen LogP contribution is 1.99. The molecule has 3 nitrogen and oxygen atoms in total. The van der Waals surface area contributed by atoms with Gasteiger partial charge in [0.1, 0.15) is 6.29 Å². The Hall–Kier alpha value is -0.930. The van der Waals surface area contributed by atoms with Gasteiger partial charge >= 0.3 is 0 Å². The molecular weight excluding hydrogens is 192 g/mol. The Labute approximate surface area is 92.4 Å². The molecule has 3 heteroatoms. The van der Waals surface area contributed by atoms with Crippen molar-refractivity contribution in [3.05, 3.63) is 24.3 Å². The van der Waals surface area contributed by atoms with Crippen LogP contribution < -0.4 is 0 Å². The van der Waals surface area contributed by atoms with Crippen LogP contribution in [-0.2, 0) is 9.53 Å². The molecule has 0 aromatic heterocycles. The lowest BCUT2D eigenvalue weighted by molar-refractivity contribution is -0.104. The fourth-order valence-corrected chi connectivity index (χ4v) is 0.821. The predicted octanol–water partition coefficient (Wildman–Crippen LogP) is 2.11. The second-order valence-electron chi connectivity index (χ2n) is 2.62. The van der Waals surface area contributed by atoms with Crippen LogP contribution in [-0.4, -0.2) is 30.7 Å². The van der Waals surface area contributed by atoms with Crippen molar-refractivity contribution in [3.63, 3.8) is 0 Å². The third-order valence-corrected chi connectivity index (χ3v) is 1.41. The molecule has 88 valence electrons. The van der Waals surface area contributed by atoms with Crippen molar-refractivity contribution in [3.8, 4) is 0 Å². The summed E-state index contributed by atoms with van der Waals surface area (Å²) in [5, 5.41) is 7.57. The van der Waals surface area contributed by atoms with Crippen LogP contribution in [0.4, 0.5) is 0 Å². The summed E-state index contributed by atoms with van der Waals surface area (Å²) in [7, 11) is 0. The van der Waals surface area contributed by atoms with E-state index >= 15 is 0 Å². The highest BCUT2D eigenvalue weighted by molar-refractivity contribution is 5.65. The Morgan fingerprint density at radius 3 is 2.20 bits per heavy atom. The summed E-state index contributed by atoms with van der Waals surface area (Å²) in [5.74, 6) is 0. The summed E-state index contributed by atoms with van der Waals surface area (Å²) in [5.41, 5.74) is 0. The minimum atomic E-state index is 0.173. The molecule has 0 aromatic carbocycles. The molecule has 1 N–H and O–H groups in total. The molecule has 0 bridgehead atoms. The van der Waals surface area contributed by atoms with Gasteiger partial charge in [0.05, 0.1) is 6.10 Å². The van der Waals surface area contributed by atoms with Crippen LogP contribution in [0.25, 0.3) is 0 Å². The van der Waals surface area contributed by atoms with Crippen molar-refractivity contribution >= 4 is 6.29 Å². The lowest BCUT2D eigenvalue weighted by Crippen LogP contribution is -2.07. The van der Waals surface area contributed by atoms with Gasteiger partial charge in [0, 0.05) is 13.2 Å². The molecule has 15 heavy (non-hydrogen) atoms. The zero-order chi connectivity index (χ0) is 11.9. The highest BCUT2D eigenvalue weighted by Gasteiger charge is 1.97. The van der Waals surface area contributed by atoms with Crippen molar-refractivity contribution in [2.24, 2.45) is 0 Å². The Morgan fingerprint density at radius 2 is 1.80 bits per heavy atom. The largest absolute Gasteiger partial charge is 0.397 e. The van der Waals surface area contributed by atoms with Gasteiger partial charge in [0.25, 0.3) is 0 Å². The van der Waals surface area contributed by atoms with Crippen molar-refractivity contribution in [1.29, 1.82) is 0 Å². The molecule has 0 amide bonds. The molecular formula is C12H22O3. The number of ether oxygens (including phenoxy) is 1. The van der Waals surface area contributed by atoms with Crippen molar-refractivity contribution in [1.82, 2.24) is 0 Å². The lowest BCUT2D eigenvalue weighted by Gasteiger charge is -2.08. The summed E-state index contributed by atoms with van der Waals surface area (Å²) >= 11 is 0. The van der Waals surface area contributed by atoms with Gasteiger partial charge in [0.2, 0.25) is 0 Å². The van der Waals surface area contributed by atoms with E-state index in [0.29, 0.717) is 0 Å². The van der Waals surface area contributed by atoms with Crippen LogP contribution in [0.15, 0.2) is 24.3 Å². The molecule has 0 saturated heterocycles. The maximum atomic E-state index is 9.89. The smallest absolute Gasteiger partial charge is 0.142 e. The van der Waals surface area contributed by atoms with E-state index in [1.165, 1.54) is 6.08 Å². The van der Waals surface area contributed by atoms with Gasteiger partial charge < -0.3 is 9.84 Å². The molecule has 1 atom stereocenters. The van der Waals surface area contributed by atoms with Crippen molar-refractivity contribution in [2.75, 3.05) is 13.2 Å². The maximum Gasteiger partial charge on any atom is 0.142 e. The Morgan fingerprint density at radius 1 is 1.20 bits per heavy atom. The van der Waals surface area contributed by atoms with Gasteiger partial charge in [-0.05, 0) is 26.3 Å². The van der Waals surface area contributed by atoms with E-state index in [2.05, 4.69) is 6.92 Å². The summed E-state index contributed by atoms with van der Waals surface area (Å²) in [4.78, 5) is 9.89. The van der Waals surface area contributed by atoms with Crippen molar-refractivity contribution in [2.45, 2.75) is 33.3 Å². The highest BCUT2D eigenvalue weighted by atomic mass is 16.5. The van der Waals surface area contributed by atoms with Gasteiger partial charge in [-0.15, -0.1) is 0 Å². The molecule has 0 saturated carbocycles. The summed E-state index contributed by atoms with van der Waals surface area (Å²) in [6.45, 7) is 6.69. The number of aldehydes is 1. The second-order valence-corrected chi connectivity index (χ2v) is 2.62. The van der Waals surface area contributed by atoms with Crippen LogP contribution in [0, 0.1) is 0 Å². The molecule has 0 aromatic rings. The molecule has 0 aliphatic carbocycles. The predicted molar refractivity (Wildman–Crippen MR) is 62.8 cm³/mol. The van der Waals surface area contributed by atoms with Crippen LogP contribution in [0.5, 0.6) is 0 Å². The van der Waals surface area contributed by atoms with E-state index in [4.69, 9.17) is 9.84 Å². The van der Waals surface area contributed by atoms with E-state index in [1.807, 2.05) is 19.1 Å². The average Bonchev–Trinajstić information content (AvgIpc) is 2.24. The van der Waals surface area contributed by atoms with Gasteiger partial charge in [-0.1, -0.05) is 25.2 Å². The fraction of sp³-hybridized carbons (Fsp3) is 0.583. The Kier molecular flexibility index (Phi) is 17.1. The number of allylic oxidation sites excluding steroid dienone is 3. The molecule has 0 aliphatic heterocycles. The first kappa shape index (κ1) is 16.5. The molecule has 0 fully saturated rings. The number of carbonyl (C=O) groups is 1. The zero-order valence-corrected chi connectivity index (χ0v) is 9.85. The number of carbonyl (C=O) groups excluding carboxylic acids is 1. The normalized spacial score (nSPS) is 12.5. The number of rotatable bonds is 6. The van der Waals surface area contributed by atoms with Crippen LogP contribution in [0.3, 0.4) is 0 Å². The molecule has 1 unspecified atom stereocenters. The first-order valence-electron chi connectivity index (χ1n) is 5.27. The van der Waals surface area contributed by atoms with Crippen LogP contribution in [0.1, 0.15) is 27.2 Å².